The van der Waals surface area contributed by atoms with E-state index in [0.29, 0.717) is 24.8 Å². The lowest BCUT2D eigenvalue weighted by Crippen LogP contribution is -2.37. The van der Waals surface area contributed by atoms with E-state index in [1.165, 1.54) is 4.57 Å². The number of nitrogen functional groups attached to an aromatic ring is 1. The first-order valence-electron chi connectivity index (χ1n) is 9.99. The Hall–Kier alpha value is -3.56. The highest BCUT2D eigenvalue weighted by molar-refractivity contribution is 7.46. The number of pyridine rings is 2. The van der Waals surface area contributed by atoms with E-state index >= 15 is 0 Å². The minimum Gasteiger partial charge on any atom is -0.473 e. The largest absolute Gasteiger partial charge is 0.473 e. The molecule has 10 nitrogen and oxygen atoms in total. The lowest BCUT2D eigenvalue weighted by molar-refractivity contribution is -0.711. The van der Waals surface area contributed by atoms with Gasteiger partial charge in [0.1, 0.15) is 12.8 Å². The maximum atomic E-state index is 11.0. The Balaban J connectivity index is 1.39. The molecule has 4 aromatic rings. The SMILES string of the molecule is Nc1ccc(-c2cnn(Cc3ccc(OCc4ccccc4)nc3)c2)c[n+]1COP(=O)(O)O. The number of nitrogens with two attached hydrogens (primary N) is 1. The third kappa shape index (κ3) is 6.47. The standard InChI is InChI=1S/C22H22N5O5P/c23-21-8-7-19(13-26(21)16-32-33(28,29)30)20-11-25-27(14-20)12-18-6-9-22(24-10-18)31-15-17-4-2-1-3-5-17/h1-11,13-14,23H,12,15-16H2,(H2,28,29,30)/p+1. The van der Waals surface area contributed by atoms with Crippen molar-refractivity contribution in [2.45, 2.75) is 19.9 Å². The van der Waals surface area contributed by atoms with Crippen molar-refractivity contribution in [2.75, 3.05) is 5.73 Å². The summed E-state index contributed by atoms with van der Waals surface area (Å²) >= 11 is 0. The van der Waals surface area contributed by atoms with Crippen LogP contribution in [0.5, 0.6) is 5.88 Å². The van der Waals surface area contributed by atoms with Crippen molar-refractivity contribution in [3.63, 3.8) is 0 Å². The van der Waals surface area contributed by atoms with Crippen molar-refractivity contribution in [1.82, 2.24) is 14.8 Å². The van der Waals surface area contributed by atoms with Gasteiger partial charge in [-0.15, -0.1) is 0 Å². The van der Waals surface area contributed by atoms with Crippen LogP contribution in [0.25, 0.3) is 11.1 Å². The molecule has 0 aliphatic carbocycles. The van der Waals surface area contributed by atoms with E-state index in [1.54, 1.807) is 35.4 Å². The van der Waals surface area contributed by atoms with Gasteiger partial charge in [0.15, 0.2) is 0 Å². The van der Waals surface area contributed by atoms with E-state index in [2.05, 4.69) is 14.6 Å². The monoisotopic (exact) mass is 468 g/mol. The van der Waals surface area contributed by atoms with Crippen LogP contribution in [0.3, 0.4) is 0 Å². The summed E-state index contributed by atoms with van der Waals surface area (Å²) in [6.45, 7) is 0.598. The van der Waals surface area contributed by atoms with Crippen LogP contribution < -0.4 is 15.0 Å². The number of ether oxygens (including phenoxy) is 1. The number of anilines is 1. The Bertz CT molecular complexity index is 1260. The van der Waals surface area contributed by atoms with Crippen molar-refractivity contribution in [1.29, 1.82) is 0 Å². The van der Waals surface area contributed by atoms with E-state index < -0.39 is 7.82 Å². The maximum absolute atomic E-state index is 11.0. The van der Waals surface area contributed by atoms with Crippen LogP contribution in [-0.4, -0.2) is 24.6 Å². The summed E-state index contributed by atoms with van der Waals surface area (Å²) in [7, 11) is -4.60. The topological polar surface area (TPSA) is 137 Å². The zero-order chi connectivity index (χ0) is 23.3. The number of hydrogen-bond donors (Lipinski definition) is 3. The quantitative estimate of drug-likeness (QED) is 0.252. The third-order valence-corrected chi connectivity index (χ3v) is 5.22. The van der Waals surface area contributed by atoms with Gasteiger partial charge in [-0.05, 0) is 17.2 Å². The van der Waals surface area contributed by atoms with Gasteiger partial charge in [0.2, 0.25) is 12.6 Å². The lowest BCUT2D eigenvalue weighted by atomic mass is 10.1. The summed E-state index contributed by atoms with van der Waals surface area (Å²) in [4.78, 5) is 22.2. The van der Waals surface area contributed by atoms with Crippen molar-refractivity contribution in [3.8, 4) is 17.0 Å². The second-order valence-corrected chi connectivity index (χ2v) is 8.51. The zero-order valence-electron chi connectivity index (χ0n) is 17.6. The summed E-state index contributed by atoms with van der Waals surface area (Å²) in [5, 5.41) is 4.38. The Kier molecular flexibility index (Phi) is 6.81. The Morgan fingerprint density at radius 2 is 1.82 bits per heavy atom. The van der Waals surface area contributed by atoms with Crippen LogP contribution in [0.1, 0.15) is 11.1 Å². The average molecular weight is 468 g/mol. The number of rotatable bonds is 9. The van der Waals surface area contributed by atoms with E-state index in [-0.39, 0.29) is 6.73 Å². The smallest absolute Gasteiger partial charge is 0.472 e. The van der Waals surface area contributed by atoms with Crippen LogP contribution in [0.4, 0.5) is 5.82 Å². The first-order chi connectivity index (χ1) is 15.9. The zero-order valence-corrected chi connectivity index (χ0v) is 18.5. The van der Waals surface area contributed by atoms with Crippen LogP contribution in [0.2, 0.25) is 0 Å². The highest BCUT2D eigenvalue weighted by Crippen LogP contribution is 2.35. The van der Waals surface area contributed by atoms with Crippen molar-refractivity contribution in [2.24, 2.45) is 0 Å². The minimum atomic E-state index is -4.60. The van der Waals surface area contributed by atoms with E-state index in [0.717, 1.165) is 22.3 Å². The molecule has 0 aliphatic rings. The summed E-state index contributed by atoms with van der Waals surface area (Å²) in [6, 6.07) is 17.1. The van der Waals surface area contributed by atoms with Crippen molar-refractivity contribution in [3.05, 3.63) is 90.5 Å². The molecule has 11 heteroatoms. The van der Waals surface area contributed by atoms with Gasteiger partial charge in [-0.25, -0.2) is 18.6 Å². The molecule has 3 aromatic heterocycles. The number of nitrogens with zero attached hydrogens (tertiary/aromatic N) is 4. The molecule has 0 fully saturated rings. The number of phosphoric ester groups is 1. The molecule has 0 unspecified atom stereocenters. The second kappa shape index (κ2) is 9.93. The summed E-state index contributed by atoms with van der Waals surface area (Å²) in [6.07, 6.45) is 6.95. The molecule has 0 aliphatic heterocycles. The Morgan fingerprint density at radius 3 is 2.55 bits per heavy atom. The maximum Gasteiger partial charge on any atom is 0.472 e. The molecule has 4 rings (SSSR count). The fourth-order valence-electron chi connectivity index (χ4n) is 3.08. The molecule has 4 N–H and O–H groups in total. The van der Waals surface area contributed by atoms with Crippen molar-refractivity contribution < 1.29 is 28.2 Å². The summed E-state index contributed by atoms with van der Waals surface area (Å²) in [5.74, 6) is 0.855. The normalized spacial score (nSPS) is 11.5. The molecule has 0 atom stereocenters. The molecule has 0 spiro atoms. The third-order valence-electron chi connectivity index (χ3n) is 4.76. The summed E-state index contributed by atoms with van der Waals surface area (Å²) in [5.41, 5.74) is 9.48. The van der Waals surface area contributed by atoms with E-state index in [1.807, 2.05) is 48.7 Å². The number of aromatic nitrogens is 4. The molecule has 0 saturated carbocycles. The first kappa shape index (κ1) is 22.6. The van der Waals surface area contributed by atoms with Crippen molar-refractivity contribution >= 4 is 13.6 Å². The Morgan fingerprint density at radius 1 is 1.00 bits per heavy atom. The van der Waals surface area contributed by atoms with E-state index in [4.69, 9.17) is 20.3 Å². The molecule has 3 heterocycles. The van der Waals surface area contributed by atoms with Gasteiger partial charge in [0.25, 0.3) is 5.82 Å². The molecule has 1 aromatic carbocycles. The molecular weight excluding hydrogens is 445 g/mol. The molecule has 170 valence electrons. The summed E-state index contributed by atoms with van der Waals surface area (Å²) < 4.78 is 24.4. The fraction of sp³-hybridized carbons (Fsp3) is 0.136. The second-order valence-electron chi connectivity index (χ2n) is 7.27. The minimum absolute atomic E-state index is 0.306. The van der Waals surface area contributed by atoms with Gasteiger partial charge in [0, 0.05) is 35.7 Å². The fourth-order valence-corrected chi connectivity index (χ4v) is 3.36. The lowest BCUT2D eigenvalue weighted by Gasteiger charge is -2.07. The van der Waals surface area contributed by atoms with Gasteiger partial charge in [-0.1, -0.05) is 36.4 Å². The molecule has 33 heavy (non-hydrogen) atoms. The predicted molar refractivity (Wildman–Crippen MR) is 120 cm³/mol. The number of phosphoric acid groups is 1. The molecule has 0 radical (unpaired) electrons. The van der Waals surface area contributed by atoms with Gasteiger partial charge in [0.05, 0.1) is 12.7 Å². The van der Waals surface area contributed by atoms with Gasteiger partial charge >= 0.3 is 7.82 Å². The van der Waals surface area contributed by atoms with Gasteiger partial charge < -0.3 is 14.5 Å². The predicted octanol–water partition coefficient (Wildman–Crippen LogP) is 2.51. The highest BCUT2D eigenvalue weighted by Gasteiger charge is 2.17. The van der Waals surface area contributed by atoms with Crippen LogP contribution >= 0.6 is 7.82 Å². The van der Waals surface area contributed by atoms with Crippen LogP contribution in [0.15, 0.2) is 79.4 Å². The molecule has 0 saturated heterocycles. The van der Waals surface area contributed by atoms with Gasteiger partial charge in [-0.3, -0.25) is 10.4 Å². The van der Waals surface area contributed by atoms with E-state index in [9.17, 15) is 4.57 Å². The number of benzene rings is 1. The van der Waals surface area contributed by atoms with Gasteiger partial charge in [-0.2, -0.15) is 5.10 Å². The molecule has 0 bridgehead atoms. The molecular formula is C22H23N5O5P+. The molecule has 0 amide bonds. The number of hydrogen-bond acceptors (Lipinski definition) is 6. The Labute approximate surface area is 190 Å². The highest BCUT2D eigenvalue weighted by atomic mass is 31.2. The van der Waals surface area contributed by atoms with Crippen LogP contribution in [0, 0.1) is 0 Å². The van der Waals surface area contributed by atoms with Crippen LogP contribution in [-0.2, 0) is 29.0 Å². The first-order valence-corrected chi connectivity index (χ1v) is 11.5. The average Bonchev–Trinajstić information content (AvgIpc) is 3.27.